The van der Waals surface area contributed by atoms with Gasteiger partial charge in [0.1, 0.15) is 17.3 Å². The van der Waals surface area contributed by atoms with Crippen molar-refractivity contribution in [1.29, 1.82) is 0 Å². The highest BCUT2D eigenvalue weighted by Crippen LogP contribution is 2.17. The van der Waals surface area contributed by atoms with Crippen molar-refractivity contribution in [3.63, 3.8) is 0 Å². The van der Waals surface area contributed by atoms with E-state index in [2.05, 4.69) is 15.6 Å². The van der Waals surface area contributed by atoms with E-state index in [1.165, 1.54) is 9.80 Å². The van der Waals surface area contributed by atoms with Gasteiger partial charge >= 0.3 is 6.09 Å². The Hall–Kier alpha value is -4.97. The number of carbonyl (C=O) groups excluding carboxylic acids is 3. The van der Waals surface area contributed by atoms with Crippen molar-refractivity contribution in [2.75, 3.05) is 33.4 Å². The molecule has 4 aromatic rings. The van der Waals surface area contributed by atoms with E-state index >= 15 is 0 Å². The van der Waals surface area contributed by atoms with E-state index in [1.54, 1.807) is 11.8 Å². The summed E-state index contributed by atoms with van der Waals surface area (Å²) in [6.07, 6.45) is 1.04. The number of ether oxygens (including phenoxy) is 2. The largest absolute Gasteiger partial charge is 0.497 e. The van der Waals surface area contributed by atoms with Gasteiger partial charge in [0, 0.05) is 33.1 Å². The third kappa shape index (κ3) is 7.95. The molecule has 0 bridgehead atoms. The third-order valence-corrected chi connectivity index (χ3v) is 8.02. The highest BCUT2D eigenvalue weighted by Gasteiger charge is 2.39. The van der Waals surface area contributed by atoms with Gasteiger partial charge in [0.25, 0.3) is 0 Å². The number of amides is 3. The van der Waals surface area contributed by atoms with Crippen LogP contribution in [0.1, 0.15) is 23.1 Å². The van der Waals surface area contributed by atoms with Gasteiger partial charge in [-0.05, 0) is 53.8 Å². The van der Waals surface area contributed by atoms with Gasteiger partial charge in [0.2, 0.25) is 11.8 Å². The lowest BCUT2D eigenvalue weighted by Gasteiger charge is -2.41. The fourth-order valence-corrected chi connectivity index (χ4v) is 5.42. The summed E-state index contributed by atoms with van der Waals surface area (Å²) in [7, 11) is 3.41. The van der Waals surface area contributed by atoms with E-state index in [-0.39, 0.29) is 44.6 Å². The van der Waals surface area contributed by atoms with Gasteiger partial charge in [0.15, 0.2) is 0 Å². The molecular formula is C33H39N7O5. The van der Waals surface area contributed by atoms with Gasteiger partial charge < -0.3 is 30.3 Å². The first-order valence-electron chi connectivity index (χ1n) is 15.0. The number of benzene rings is 3. The molecule has 2 atom stereocenters. The third-order valence-electron chi connectivity index (χ3n) is 8.02. The number of nitrogens with one attached hydrogen (secondary N) is 1. The Morgan fingerprint density at radius 3 is 2.58 bits per heavy atom. The molecule has 2 heterocycles. The smallest absolute Gasteiger partial charge is 0.409 e. The number of hydrogen-bond donors (Lipinski definition) is 2. The number of rotatable bonds is 11. The minimum Gasteiger partial charge on any atom is -0.497 e. The Bertz CT molecular complexity index is 1630. The summed E-state index contributed by atoms with van der Waals surface area (Å²) in [5.41, 5.74) is 10.8. The Kier molecular flexibility index (Phi) is 10.3. The zero-order valence-electron chi connectivity index (χ0n) is 25.6. The van der Waals surface area contributed by atoms with Crippen LogP contribution in [-0.4, -0.2) is 88.1 Å². The van der Waals surface area contributed by atoms with Crippen molar-refractivity contribution in [2.24, 2.45) is 12.8 Å². The highest BCUT2D eigenvalue weighted by molar-refractivity contribution is 5.90. The summed E-state index contributed by atoms with van der Waals surface area (Å²) in [4.78, 5) is 43.2. The molecule has 12 nitrogen and oxygen atoms in total. The van der Waals surface area contributed by atoms with E-state index in [0.717, 1.165) is 28.0 Å². The van der Waals surface area contributed by atoms with E-state index < -0.39 is 18.2 Å². The number of aromatic nitrogens is 3. The van der Waals surface area contributed by atoms with Crippen molar-refractivity contribution in [2.45, 2.75) is 37.9 Å². The molecule has 0 spiro atoms. The second kappa shape index (κ2) is 14.7. The molecule has 1 aliphatic heterocycles. The lowest BCUT2D eigenvalue weighted by molar-refractivity contribution is -0.144. The maximum atomic E-state index is 13.6. The highest BCUT2D eigenvalue weighted by atomic mass is 16.6. The molecule has 0 aliphatic carbocycles. The van der Waals surface area contributed by atoms with Gasteiger partial charge in [-0.2, -0.15) is 0 Å². The minimum atomic E-state index is -0.930. The average Bonchev–Trinajstić information content (AvgIpc) is 3.45. The van der Waals surface area contributed by atoms with Crippen LogP contribution in [0.15, 0.2) is 72.8 Å². The number of hydrogen-bond acceptors (Lipinski definition) is 8. The monoisotopic (exact) mass is 613 g/mol. The molecule has 2 unspecified atom stereocenters. The summed E-state index contributed by atoms with van der Waals surface area (Å²) in [6, 6.07) is 21.3. The first kappa shape index (κ1) is 31.5. The molecule has 3 amide bonds. The minimum absolute atomic E-state index is 0.00975. The predicted octanol–water partition coefficient (Wildman–Crippen LogP) is 2.45. The number of nitrogens with zero attached hydrogens (tertiary/aromatic N) is 5. The second-order valence-corrected chi connectivity index (χ2v) is 11.1. The molecule has 1 aliphatic rings. The van der Waals surface area contributed by atoms with Crippen molar-refractivity contribution < 1.29 is 23.9 Å². The Morgan fingerprint density at radius 1 is 0.978 bits per heavy atom. The summed E-state index contributed by atoms with van der Waals surface area (Å²) in [6.45, 7) is 0.755. The summed E-state index contributed by atoms with van der Waals surface area (Å²) in [5.74, 6) is 0.0249. The fourth-order valence-electron chi connectivity index (χ4n) is 5.42. The van der Waals surface area contributed by atoms with Gasteiger partial charge in [-0.25, -0.2) is 9.48 Å². The van der Waals surface area contributed by atoms with Crippen LogP contribution in [0.4, 0.5) is 4.79 Å². The van der Waals surface area contributed by atoms with Crippen LogP contribution in [0.5, 0.6) is 5.75 Å². The van der Waals surface area contributed by atoms with Crippen molar-refractivity contribution in [1.82, 2.24) is 30.1 Å². The van der Waals surface area contributed by atoms with E-state index in [9.17, 15) is 14.4 Å². The number of nitrogens with two attached hydrogens (primary N) is 1. The van der Waals surface area contributed by atoms with Crippen molar-refractivity contribution >= 4 is 28.9 Å². The fraction of sp³-hybridized carbons (Fsp3) is 0.364. The lowest BCUT2D eigenvalue weighted by atomic mass is 10.0. The first-order chi connectivity index (χ1) is 21.8. The quantitative estimate of drug-likeness (QED) is 0.263. The maximum Gasteiger partial charge on any atom is 0.409 e. The molecule has 1 fully saturated rings. The molecule has 45 heavy (non-hydrogen) atoms. The molecule has 3 aromatic carbocycles. The van der Waals surface area contributed by atoms with Crippen molar-refractivity contribution in [3.05, 3.63) is 89.5 Å². The van der Waals surface area contributed by atoms with Gasteiger partial charge in [-0.3, -0.25) is 9.59 Å². The molecule has 5 rings (SSSR count). The van der Waals surface area contributed by atoms with Crippen LogP contribution in [0.2, 0.25) is 0 Å². The van der Waals surface area contributed by atoms with E-state index in [0.29, 0.717) is 24.8 Å². The van der Waals surface area contributed by atoms with Gasteiger partial charge in [-0.1, -0.05) is 53.7 Å². The topological polar surface area (TPSA) is 145 Å². The molecule has 1 saturated heterocycles. The molecule has 236 valence electrons. The van der Waals surface area contributed by atoms with Gasteiger partial charge in [-0.15, -0.1) is 5.10 Å². The first-order valence-corrected chi connectivity index (χ1v) is 15.0. The van der Waals surface area contributed by atoms with Crippen LogP contribution in [0.3, 0.4) is 0 Å². The second-order valence-electron chi connectivity index (χ2n) is 11.1. The molecule has 3 N–H and O–H groups in total. The summed E-state index contributed by atoms with van der Waals surface area (Å²) >= 11 is 0. The zero-order chi connectivity index (χ0) is 31.8. The molecule has 1 aromatic heterocycles. The van der Waals surface area contributed by atoms with E-state index in [1.807, 2.05) is 79.8 Å². The van der Waals surface area contributed by atoms with Crippen LogP contribution < -0.4 is 15.8 Å². The lowest BCUT2D eigenvalue weighted by Crippen LogP contribution is -2.63. The Balaban J connectivity index is 1.23. The summed E-state index contributed by atoms with van der Waals surface area (Å²) < 4.78 is 12.5. The van der Waals surface area contributed by atoms with Crippen LogP contribution in [0.25, 0.3) is 11.0 Å². The Morgan fingerprint density at radius 2 is 1.78 bits per heavy atom. The number of fused-ring (bicyclic) bond motifs is 1. The van der Waals surface area contributed by atoms with Crippen molar-refractivity contribution in [3.8, 4) is 5.75 Å². The van der Waals surface area contributed by atoms with Gasteiger partial charge in [0.05, 0.1) is 31.8 Å². The molecule has 0 saturated carbocycles. The average molecular weight is 614 g/mol. The number of carbonyl (C=O) groups is 3. The SMILES string of the molecule is COc1cccc(CCOC(=O)N2CCN(C(=O)C(N)CCc3ccccc3)C(C(=O)NCc3ccc4c(c3)nnn4C)C2)c1. The number of piperazine rings is 1. The van der Waals surface area contributed by atoms with Crippen LogP contribution in [0, 0.1) is 0 Å². The number of methoxy groups -OCH3 is 1. The van der Waals surface area contributed by atoms with E-state index in [4.69, 9.17) is 15.2 Å². The molecular weight excluding hydrogens is 574 g/mol. The zero-order valence-corrected chi connectivity index (χ0v) is 25.6. The Labute approximate surface area is 262 Å². The van der Waals surface area contributed by atoms with Crippen LogP contribution in [-0.2, 0) is 40.8 Å². The normalized spacial score (nSPS) is 15.5. The summed E-state index contributed by atoms with van der Waals surface area (Å²) in [5, 5.41) is 11.1. The molecule has 12 heteroatoms. The predicted molar refractivity (Wildman–Crippen MR) is 168 cm³/mol. The molecule has 0 radical (unpaired) electrons. The maximum absolute atomic E-state index is 13.6. The van der Waals surface area contributed by atoms with Crippen LogP contribution >= 0.6 is 0 Å². The number of aryl methyl sites for hydroxylation is 2. The standard InChI is InChI=1S/C33H39N7O5/c1-38-29-14-12-25(20-28(29)36-37-38)21-35-31(41)30-22-39(33(43)45-18-15-24-9-6-10-26(19-24)44-2)16-17-40(30)32(42)27(34)13-11-23-7-4-3-5-8-23/h3-10,12,14,19-20,27,30H,11,13,15-18,21-22,34H2,1-2H3,(H,35,41).